The molecule has 2 unspecified atom stereocenters. The molecular weight excluding hydrogens is 430 g/mol. The van der Waals surface area contributed by atoms with Gasteiger partial charge in [0, 0.05) is 73.7 Å². The van der Waals surface area contributed by atoms with Gasteiger partial charge in [0.1, 0.15) is 12.4 Å². The van der Waals surface area contributed by atoms with Crippen LogP contribution in [0.25, 0.3) is 10.9 Å². The SMILES string of the molecule is CC(c1c[nH]c2ccc(OCCN3CCN(c4ccc([N+](=O)[O-])cc4)CC3)cc12)C1CCCN1. The maximum Gasteiger partial charge on any atom is 0.269 e. The van der Waals surface area contributed by atoms with E-state index in [0.717, 1.165) is 56.2 Å². The zero-order valence-electron chi connectivity index (χ0n) is 19.7. The molecule has 3 heterocycles. The lowest BCUT2D eigenvalue weighted by atomic mass is 9.92. The fourth-order valence-electron chi connectivity index (χ4n) is 5.25. The van der Waals surface area contributed by atoms with Gasteiger partial charge < -0.3 is 19.9 Å². The second kappa shape index (κ2) is 10.0. The molecule has 2 N–H and O–H groups in total. The van der Waals surface area contributed by atoms with Crippen molar-refractivity contribution in [3.63, 3.8) is 0 Å². The van der Waals surface area contributed by atoms with Crippen LogP contribution in [0.5, 0.6) is 5.75 Å². The first-order valence-corrected chi connectivity index (χ1v) is 12.3. The zero-order valence-corrected chi connectivity index (χ0v) is 19.7. The number of rotatable bonds is 8. The van der Waals surface area contributed by atoms with Crippen molar-refractivity contribution in [3.8, 4) is 5.75 Å². The molecule has 34 heavy (non-hydrogen) atoms. The number of non-ortho nitro benzene ring substituents is 1. The van der Waals surface area contributed by atoms with Gasteiger partial charge >= 0.3 is 0 Å². The van der Waals surface area contributed by atoms with Gasteiger partial charge in [-0.1, -0.05) is 6.92 Å². The molecule has 2 aliphatic heterocycles. The molecule has 180 valence electrons. The summed E-state index contributed by atoms with van der Waals surface area (Å²) in [6.07, 6.45) is 4.65. The summed E-state index contributed by atoms with van der Waals surface area (Å²) in [7, 11) is 0. The number of aromatic amines is 1. The van der Waals surface area contributed by atoms with Crippen LogP contribution in [0.1, 0.15) is 31.2 Å². The predicted molar refractivity (Wildman–Crippen MR) is 135 cm³/mol. The summed E-state index contributed by atoms with van der Waals surface area (Å²) in [5.41, 5.74) is 3.70. The molecule has 8 nitrogen and oxygen atoms in total. The second-order valence-electron chi connectivity index (χ2n) is 9.39. The third kappa shape index (κ3) is 4.88. The minimum atomic E-state index is -0.357. The number of H-pyrrole nitrogens is 1. The number of nitro groups is 1. The summed E-state index contributed by atoms with van der Waals surface area (Å²) in [6, 6.07) is 13.7. The van der Waals surface area contributed by atoms with E-state index in [1.807, 2.05) is 18.2 Å². The van der Waals surface area contributed by atoms with Gasteiger partial charge in [0.2, 0.25) is 0 Å². The Bertz CT molecular complexity index is 1120. The van der Waals surface area contributed by atoms with Crippen LogP contribution in [0.2, 0.25) is 0 Å². The monoisotopic (exact) mass is 463 g/mol. The van der Waals surface area contributed by atoms with Gasteiger partial charge in [0.15, 0.2) is 0 Å². The maximum absolute atomic E-state index is 10.9. The van der Waals surface area contributed by atoms with Gasteiger partial charge in [0.05, 0.1) is 4.92 Å². The number of ether oxygens (including phenoxy) is 1. The highest BCUT2D eigenvalue weighted by atomic mass is 16.6. The lowest BCUT2D eigenvalue weighted by Crippen LogP contribution is -2.47. The van der Waals surface area contributed by atoms with Gasteiger partial charge in [-0.15, -0.1) is 0 Å². The Hall–Kier alpha value is -3.10. The van der Waals surface area contributed by atoms with Gasteiger partial charge in [-0.2, -0.15) is 0 Å². The molecule has 0 radical (unpaired) electrons. The van der Waals surface area contributed by atoms with E-state index in [0.29, 0.717) is 18.6 Å². The molecule has 5 rings (SSSR count). The summed E-state index contributed by atoms with van der Waals surface area (Å²) in [5, 5.41) is 15.7. The molecular formula is C26H33N5O3. The lowest BCUT2D eigenvalue weighted by Gasteiger charge is -2.36. The summed E-state index contributed by atoms with van der Waals surface area (Å²) < 4.78 is 6.14. The van der Waals surface area contributed by atoms with E-state index in [4.69, 9.17) is 4.74 Å². The topological polar surface area (TPSA) is 86.7 Å². The number of benzene rings is 2. The van der Waals surface area contributed by atoms with Crippen LogP contribution in [0.3, 0.4) is 0 Å². The number of hydrogen-bond acceptors (Lipinski definition) is 6. The first-order valence-electron chi connectivity index (χ1n) is 12.3. The Kier molecular flexibility index (Phi) is 6.69. The van der Waals surface area contributed by atoms with Crippen LogP contribution >= 0.6 is 0 Å². The van der Waals surface area contributed by atoms with Crippen molar-refractivity contribution in [2.24, 2.45) is 0 Å². The van der Waals surface area contributed by atoms with Crippen LogP contribution in [-0.4, -0.2) is 66.7 Å². The lowest BCUT2D eigenvalue weighted by molar-refractivity contribution is -0.384. The minimum Gasteiger partial charge on any atom is -0.492 e. The van der Waals surface area contributed by atoms with Gasteiger partial charge in [-0.05, 0) is 61.2 Å². The molecule has 2 aromatic carbocycles. The number of anilines is 1. The van der Waals surface area contributed by atoms with Crippen molar-refractivity contribution < 1.29 is 9.66 Å². The van der Waals surface area contributed by atoms with Crippen LogP contribution < -0.4 is 15.0 Å². The molecule has 1 aromatic heterocycles. The van der Waals surface area contributed by atoms with Crippen LogP contribution in [0.4, 0.5) is 11.4 Å². The van der Waals surface area contributed by atoms with Crippen molar-refractivity contribution in [1.82, 2.24) is 15.2 Å². The van der Waals surface area contributed by atoms with E-state index in [2.05, 4.69) is 45.4 Å². The molecule has 2 aliphatic rings. The van der Waals surface area contributed by atoms with Crippen molar-refractivity contribution in [1.29, 1.82) is 0 Å². The van der Waals surface area contributed by atoms with E-state index >= 15 is 0 Å². The summed E-state index contributed by atoms with van der Waals surface area (Å²) in [6.45, 7) is 8.69. The van der Waals surface area contributed by atoms with Crippen LogP contribution in [0, 0.1) is 10.1 Å². The highest BCUT2D eigenvalue weighted by Gasteiger charge is 2.24. The van der Waals surface area contributed by atoms with E-state index in [1.54, 1.807) is 12.1 Å². The fraction of sp³-hybridized carbons (Fsp3) is 0.462. The van der Waals surface area contributed by atoms with E-state index in [9.17, 15) is 10.1 Å². The summed E-state index contributed by atoms with van der Waals surface area (Å²) in [4.78, 5) is 18.6. The maximum atomic E-state index is 10.9. The Morgan fingerprint density at radius 1 is 1.15 bits per heavy atom. The molecule has 0 bridgehead atoms. The molecule has 2 fully saturated rings. The molecule has 2 atom stereocenters. The third-order valence-electron chi connectivity index (χ3n) is 7.35. The molecule has 0 aliphatic carbocycles. The fourth-order valence-corrected chi connectivity index (χ4v) is 5.25. The Morgan fingerprint density at radius 3 is 2.65 bits per heavy atom. The zero-order chi connectivity index (χ0) is 23.5. The summed E-state index contributed by atoms with van der Waals surface area (Å²) >= 11 is 0. The molecule has 3 aromatic rings. The normalized spacial score (nSPS) is 20.0. The molecule has 2 saturated heterocycles. The second-order valence-corrected chi connectivity index (χ2v) is 9.39. The predicted octanol–water partition coefficient (Wildman–Crippen LogP) is 4.13. The van der Waals surface area contributed by atoms with Crippen molar-refractivity contribution in [3.05, 3.63) is 64.3 Å². The van der Waals surface area contributed by atoms with Crippen molar-refractivity contribution in [2.75, 3.05) is 50.8 Å². The Morgan fingerprint density at radius 2 is 1.94 bits per heavy atom. The number of nitrogens with zero attached hydrogens (tertiary/aromatic N) is 3. The van der Waals surface area contributed by atoms with Crippen molar-refractivity contribution >= 4 is 22.3 Å². The standard InChI is InChI=1S/C26H33N5O3/c1-19(25-3-2-10-27-25)24-18-28-26-9-8-22(17-23(24)26)34-16-15-29-11-13-30(14-12-29)20-4-6-21(7-5-20)31(32)33/h4-9,17-19,25,27-28H,2-3,10-16H2,1H3. The molecule has 0 saturated carbocycles. The smallest absolute Gasteiger partial charge is 0.269 e. The van der Waals surface area contributed by atoms with E-state index in [-0.39, 0.29) is 10.6 Å². The first kappa shape index (κ1) is 22.7. The van der Waals surface area contributed by atoms with Crippen LogP contribution in [-0.2, 0) is 0 Å². The number of aromatic nitrogens is 1. The number of fused-ring (bicyclic) bond motifs is 1. The number of hydrogen-bond donors (Lipinski definition) is 2. The number of nitrogens with one attached hydrogen (secondary N) is 2. The van der Waals surface area contributed by atoms with Crippen molar-refractivity contribution in [2.45, 2.75) is 31.7 Å². The average molecular weight is 464 g/mol. The third-order valence-corrected chi connectivity index (χ3v) is 7.35. The highest BCUT2D eigenvalue weighted by molar-refractivity contribution is 5.85. The molecule has 8 heteroatoms. The first-order chi connectivity index (χ1) is 16.6. The van der Waals surface area contributed by atoms with E-state index < -0.39 is 0 Å². The van der Waals surface area contributed by atoms with Gasteiger partial charge in [-0.25, -0.2) is 0 Å². The number of nitro benzene ring substituents is 1. The van der Waals surface area contributed by atoms with Gasteiger partial charge in [-0.3, -0.25) is 15.0 Å². The quantitative estimate of drug-likeness (QED) is 0.386. The van der Waals surface area contributed by atoms with Gasteiger partial charge in [0.25, 0.3) is 5.69 Å². The molecule has 0 amide bonds. The average Bonchev–Trinajstić information content (AvgIpc) is 3.54. The summed E-state index contributed by atoms with van der Waals surface area (Å²) in [5.74, 6) is 1.39. The Balaban J connectivity index is 1.12. The molecule has 0 spiro atoms. The highest BCUT2D eigenvalue weighted by Crippen LogP contribution is 2.32. The Labute approximate surface area is 200 Å². The number of piperazine rings is 1. The van der Waals surface area contributed by atoms with E-state index in [1.165, 1.54) is 23.8 Å². The largest absolute Gasteiger partial charge is 0.492 e. The minimum absolute atomic E-state index is 0.133. The van der Waals surface area contributed by atoms with Crippen LogP contribution in [0.15, 0.2) is 48.7 Å².